The maximum atomic E-state index is 12.7. The molecular weight excluding hydrogens is 801 g/mol. The van der Waals surface area contributed by atoms with Gasteiger partial charge in [0, 0.05) is 43.8 Å². The summed E-state index contributed by atoms with van der Waals surface area (Å²) in [6.45, 7) is 0. The summed E-state index contributed by atoms with van der Waals surface area (Å²) in [5, 5.41) is 3.03. The van der Waals surface area contributed by atoms with E-state index in [2.05, 4.69) is 0 Å². The molecule has 4 aromatic heterocycles. The van der Waals surface area contributed by atoms with E-state index in [1.165, 1.54) is 60.7 Å². The molecule has 0 amide bonds. The van der Waals surface area contributed by atoms with Crippen LogP contribution in [-0.4, -0.2) is 58.8 Å². The number of hydrogen-bond acceptors (Lipinski definition) is 10. The Balaban J connectivity index is 1.16. The molecule has 0 saturated heterocycles. The first-order chi connectivity index (χ1) is 27.6. The van der Waals surface area contributed by atoms with Gasteiger partial charge in [0.15, 0.2) is 0 Å². The standard InChI is InChI=1S/C42H26N4O9S3/c47-56(48,49)32-13-5-24(6-14-32)35-17-9-26-1-3-28-11-19-37(45-41(28)39(26)43-35)30-21-31(23-34(22-30)58(53,54)55)38-20-12-29-4-2-27-10-18-36(44-40(27)42(29)46-38)25-7-15-33(16-8-25)57(50,51)52/h1-23H,(H,47,48,49)(H,50,51,52)(H,53,54,55). The minimum atomic E-state index is -4.70. The predicted molar refractivity (Wildman–Crippen MR) is 219 cm³/mol. The third kappa shape index (κ3) is 6.93. The average molecular weight is 827 g/mol. The molecule has 9 aromatic rings. The van der Waals surface area contributed by atoms with Crippen molar-refractivity contribution < 1.29 is 38.9 Å². The maximum absolute atomic E-state index is 12.7. The molecule has 0 atom stereocenters. The fraction of sp³-hybridized carbons (Fsp3) is 0. The molecule has 13 nitrogen and oxygen atoms in total. The topological polar surface area (TPSA) is 215 Å². The summed E-state index contributed by atoms with van der Waals surface area (Å²) in [5.74, 6) is 0. The molecule has 0 spiro atoms. The van der Waals surface area contributed by atoms with Gasteiger partial charge in [-0.3, -0.25) is 13.7 Å². The highest BCUT2D eigenvalue weighted by molar-refractivity contribution is 7.86. The second-order valence-electron chi connectivity index (χ2n) is 13.4. The van der Waals surface area contributed by atoms with E-state index < -0.39 is 30.4 Å². The first-order valence-corrected chi connectivity index (χ1v) is 21.6. The van der Waals surface area contributed by atoms with Crippen LogP contribution in [0.2, 0.25) is 0 Å². The molecule has 0 aliphatic rings. The van der Waals surface area contributed by atoms with Gasteiger partial charge in [-0.15, -0.1) is 0 Å². The van der Waals surface area contributed by atoms with Gasteiger partial charge in [0.2, 0.25) is 0 Å². The number of aromatic nitrogens is 4. The van der Waals surface area contributed by atoms with Gasteiger partial charge < -0.3 is 0 Å². The highest BCUT2D eigenvalue weighted by Crippen LogP contribution is 2.34. The lowest BCUT2D eigenvalue weighted by Crippen LogP contribution is -2.00. The highest BCUT2D eigenvalue weighted by atomic mass is 32.2. The number of hydrogen-bond donors (Lipinski definition) is 3. The fourth-order valence-corrected chi connectivity index (χ4v) is 8.33. The van der Waals surface area contributed by atoms with Crippen LogP contribution >= 0.6 is 0 Å². The largest absolute Gasteiger partial charge is 0.294 e. The van der Waals surface area contributed by atoms with Crippen LogP contribution in [0.4, 0.5) is 0 Å². The van der Waals surface area contributed by atoms with Gasteiger partial charge in [0.05, 0.1) is 59.5 Å². The molecule has 0 radical (unpaired) electrons. The van der Waals surface area contributed by atoms with Crippen molar-refractivity contribution in [3.05, 3.63) is 140 Å². The molecule has 0 aliphatic heterocycles. The Morgan fingerprint density at radius 1 is 0.293 bits per heavy atom. The first kappa shape index (κ1) is 37.1. The van der Waals surface area contributed by atoms with Crippen molar-refractivity contribution >= 4 is 74.0 Å². The van der Waals surface area contributed by atoms with Gasteiger partial charge in [0.25, 0.3) is 30.4 Å². The Morgan fingerprint density at radius 3 is 0.828 bits per heavy atom. The van der Waals surface area contributed by atoms with E-state index in [4.69, 9.17) is 19.9 Å². The van der Waals surface area contributed by atoms with Crippen LogP contribution in [0, 0.1) is 0 Å². The lowest BCUT2D eigenvalue weighted by Gasteiger charge is -2.12. The minimum absolute atomic E-state index is 0.248. The minimum Gasteiger partial charge on any atom is -0.282 e. The molecule has 0 saturated carbocycles. The smallest absolute Gasteiger partial charge is 0.282 e. The maximum Gasteiger partial charge on any atom is 0.294 e. The Bertz CT molecular complexity index is 3310. The van der Waals surface area contributed by atoms with Gasteiger partial charge in [-0.25, -0.2) is 19.9 Å². The second-order valence-corrected chi connectivity index (χ2v) is 17.7. The van der Waals surface area contributed by atoms with Gasteiger partial charge >= 0.3 is 0 Å². The summed E-state index contributed by atoms with van der Waals surface area (Å²) in [7, 11) is -13.5. The van der Waals surface area contributed by atoms with Crippen LogP contribution in [0.5, 0.6) is 0 Å². The summed E-state index contributed by atoms with van der Waals surface area (Å²) in [6, 6.07) is 37.6. The van der Waals surface area contributed by atoms with Crippen molar-refractivity contribution in [2.24, 2.45) is 0 Å². The second kappa shape index (κ2) is 13.6. The summed E-state index contributed by atoms with van der Waals surface area (Å²) in [4.78, 5) is 18.7. The number of benzene rings is 5. The Labute approximate surface area is 330 Å². The molecule has 4 heterocycles. The zero-order valence-electron chi connectivity index (χ0n) is 29.6. The lowest BCUT2D eigenvalue weighted by atomic mass is 10.0. The van der Waals surface area contributed by atoms with Crippen LogP contribution in [0.15, 0.2) is 154 Å². The molecule has 9 rings (SSSR count). The quantitative estimate of drug-likeness (QED) is 0.102. The van der Waals surface area contributed by atoms with Crippen LogP contribution in [-0.2, 0) is 30.4 Å². The van der Waals surface area contributed by atoms with E-state index >= 15 is 0 Å². The number of pyridine rings is 4. The fourth-order valence-electron chi connectivity index (χ4n) is 6.82. The summed E-state index contributed by atoms with van der Waals surface area (Å²) in [6.07, 6.45) is 0. The first-order valence-electron chi connectivity index (χ1n) is 17.3. The van der Waals surface area contributed by atoms with Crippen molar-refractivity contribution in [1.82, 2.24) is 19.9 Å². The molecule has 0 bridgehead atoms. The highest BCUT2D eigenvalue weighted by Gasteiger charge is 2.18. The van der Waals surface area contributed by atoms with Crippen molar-refractivity contribution in [2.75, 3.05) is 0 Å². The predicted octanol–water partition coefficient (Wildman–Crippen LogP) is 8.29. The van der Waals surface area contributed by atoms with E-state index in [-0.39, 0.29) is 14.7 Å². The van der Waals surface area contributed by atoms with E-state index in [1.54, 1.807) is 30.3 Å². The van der Waals surface area contributed by atoms with Gasteiger partial charge in [-0.05, 0) is 66.7 Å². The average Bonchev–Trinajstić information content (AvgIpc) is 3.21. The van der Waals surface area contributed by atoms with Gasteiger partial charge in [0.1, 0.15) is 0 Å². The number of fused-ring (bicyclic) bond motifs is 6. The van der Waals surface area contributed by atoms with E-state index in [1.807, 2.05) is 48.5 Å². The van der Waals surface area contributed by atoms with Gasteiger partial charge in [-0.1, -0.05) is 72.8 Å². The summed E-state index contributed by atoms with van der Waals surface area (Å²) in [5.41, 5.74) is 5.84. The molecule has 0 aliphatic carbocycles. The van der Waals surface area contributed by atoms with E-state index in [0.717, 1.165) is 21.5 Å². The van der Waals surface area contributed by atoms with Crippen LogP contribution in [0.1, 0.15) is 0 Å². The Morgan fingerprint density at radius 2 is 0.552 bits per heavy atom. The van der Waals surface area contributed by atoms with Crippen LogP contribution in [0.3, 0.4) is 0 Å². The molecule has 58 heavy (non-hydrogen) atoms. The molecule has 5 aromatic carbocycles. The normalized spacial score (nSPS) is 12.5. The number of rotatable bonds is 7. The van der Waals surface area contributed by atoms with Crippen LogP contribution < -0.4 is 0 Å². The van der Waals surface area contributed by atoms with E-state index in [0.29, 0.717) is 67.1 Å². The number of nitrogens with zero attached hydrogens (tertiary/aromatic N) is 4. The van der Waals surface area contributed by atoms with Crippen LogP contribution in [0.25, 0.3) is 88.6 Å². The summed E-state index contributed by atoms with van der Waals surface area (Å²) < 4.78 is 101. The third-order valence-electron chi connectivity index (χ3n) is 9.73. The SMILES string of the molecule is O=S(=O)(O)c1ccc(-c2ccc3ccc4ccc(-c5cc(-c6ccc7ccc8ccc(-c9ccc(S(=O)(=O)O)cc9)nc8c7n6)cc(S(=O)(=O)O)c5)nc4c3n2)cc1. The third-order valence-corrected chi connectivity index (χ3v) is 12.3. The monoisotopic (exact) mass is 826 g/mol. The molecule has 3 N–H and O–H groups in total. The molecule has 286 valence electrons. The van der Waals surface area contributed by atoms with E-state index in [9.17, 15) is 38.9 Å². The molecular formula is C42H26N4O9S3. The Hall–Kier alpha value is -6.53. The molecule has 0 unspecified atom stereocenters. The zero-order chi connectivity index (χ0) is 40.6. The summed E-state index contributed by atoms with van der Waals surface area (Å²) >= 11 is 0. The zero-order valence-corrected chi connectivity index (χ0v) is 32.0. The van der Waals surface area contributed by atoms with Crippen molar-refractivity contribution in [3.8, 4) is 45.0 Å². The van der Waals surface area contributed by atoms with Crippen molar-refractivity contribution in [1.29, 1.82) is 0 Å². The van der Waals surface area contributed by atoms with Crippen molar-refractivity contribution in [2.45, 2.75) is 14.7 Å². The van der Waals surface area contributed by atoms with Gasteiger partial charge in [-0.2, -0.15) is 25.3 Å². The molecule has 16 heteroatoms. The van der Waals surface area contributed by atoms with Crippen molar-refractivity contribution in [3.63, 3.8) is 0 Å². The lowest BCUT2D eigenvalue weighted by molar-refractivity contribution is 0.481. The molecule has 0 fully saturated rings. The Kier molecular flexibility index (Phi) is 8.66.